The van der Waals surface area contributed by atoms with Gasteiger partial charge in [-0.1, -0.05) is 29.4 Å². The molecule has 1 aromatic carbocycles. The second kappa shape index (κ2) is 8.09. The van der Waals surface area contributed by atoms with Gasteiger partial charge in [0.15, 0.2) is 5.76 Å². The summed E-state index contributed by atoms with van der Waals surface area (Å²) < 4.78 is 7.50. The van der Waals surface area contributed by atoms with Gasteiger partial charge in [-0.25, -0.2) is 5.84 Å². The van der Waals surface area contributed by atoms with Crippen molar-refractivity contribution in [2.24, 2.45) is 17.9 Å². The van der Waals surface area contributed by atoms with Gasteiger partial charge in [0.05, 0.1) is 29.6 Å². The number of nitrogens with one attached hydrogen (secondary N) is 1. The minimum absolute atomic E-state index is 0.0718. The van der Waals surface area contributed by atoms with E-state index in [1.807, 2.05) is 26.4 Å². The lowest BCUT2D eigenvalue weighted by molar-refractivity contribution is -0.121. The van der Waals surface area contributed by atoms with Gasteiger partial charge >= 0.3 is 0 Å². The first-order valence-electron chi connectivity index (χ1n) is 10.6. The highest BCUT2D eigenvalue weighted by Gasteiger charge is 2.34. The molecule has 1 aliphatic rings. The van der Waals surface area contributed by atoms with Crippen LogP contribution in [0.4, 0.5) is 0 Å². The molecule has 0 saturated carbocycles. The van der Waals surface area contributed by atoms with Crippen LogP contribution in [-0.4, -0.2) is 26.6 Å². The topological polar surface area (TPSA) is 111 Å². The quantitative estimate of drug-likeness (QED) is 0.272. The van der Waals surface area contributed by atoms with Crippen molar-refractivity contribution in [3.63, 3.8) is 0 Å². The van der Waals surface area contributed by atoms with E-state index in [1.165, 1.54) is 10.4 Å². The molecule has 0 unspecified atom stereocenters. The number of nitrogens with two attached hydrogens (primary N) is 1. The van der Waals surface area contributed by atoms with Gasteiger partial charge in [-0.2, -0.15) is 5.10 Å². The summed E-state index contributed by atoms with van der Waals surface area (Å²) in [6, 6.07) is 7.74. The lowest BCUT2D eigenvalue weighted by Gasteiger charge is -2.12. The first-order valence-corrected chi connectivity index (χ1v) is 11.4. The fourth-order valence-electron chi connectivity index (χ4n) is 4.24. The molecule has 0 fully saturated rings. The molecule has 0 aliphatic carbocycles. The van der Waals surface area contributed by atoms with Crippen molar-refractivity contribution in [2.45, 2.75) is 33.2 Å². The number of nitrogens with zero attached hydrogens (tertiary/aromatic N) is 4. The van der Waals surface area contributed by atoms with Gasteiger partial charge in [0.25, 0.3) is 0 Å². The standard InChI is InChI=1S/C24H24N6O2S/c1-12-14(3)33-24-20(12)22(16-7-5-15(6-8-16)17-10-26-30(4)11-17)27-18(9-19(31)28-25)23-21(24)13(2)29-32-23/h5-8,10-11,18H,9,25H2,1-4H3,(H,28,31)/t18-/m0/s1. The molecule has 0 radical (unpaired) electrons. The maximum absolute atomic E-state index is 12.2. The van der Waals surface area contributed by atoms with Gasteiger partial charge in [0.2, 0.25) is 5.91 Å². The second-order valence-electron chi connectivity index (χ2n) is 8.24. The molecule has 3 aromatic heterocycles. The van der Waals surface area contributed by atoms with E-state index in [2.05, 4.69) is 53.8 Å². The van der Waals surface area contributed by atoms with Crippen LogP contribution in [0.2, 0.25) is 0 Å². The lowest BCUT2D eigenvalue weighted by Crippen LogP contribution is -2.31. The smallest absolute Gasteiger partial charge is 0.236 e. The molecule has 33 heavy (non-hydrogen) atoms. The molecule has 0 spiro atoms. The Morgan fingerprint density at radius 3 is 2.55 bits per heavy atom. The van der Waals surface area contributed by atoms with Gasteiger partial charge in [-0.15, -0.1) is 11.3 Å². The first-order chi connectivity index (χ1) is 15.9. The van der Waals surface area contributed by atoms with Crippen molar-refractivity contribution < 1.29 is 9.32 Å². The molecule has 0 bridgehead atoms. The number of aromatic nitrogens is 3. The molecule has 9 heteroatoms. The maximum atomic E-state index is 12.2. The summed E-state index contributed by atoms with van der Waals surface area (Å²) >= 11 is 1.70. The molecule has 8 nitrogen and oxygen atoms in total. The summed E-state index contributed by atoms with van der Waals surface area (Å²) in [6.07, 6.45) is 3.90. The summed E-state index contributed by atoms with van der Waals surface area (Å²) in [5.74, 6) is 5.67. The number of thiophene rings is 1. The molecule has 4 heterocycles. The van der Waals surface area contributed by atoms with Crippen molar-refractivity contribution in [1.82, 2.24) is 20.4 Å². The van der Waals surface area contributed by atoms with Gasteiger partial charge in [0, 0.05) is 39.7 Å². The zero-order valence-electron chi connectivity index (χ0n) is 18.8. The number of benzene rings is 1. The Labute approximate surface area is 195 Å². The number of aryl methyl sites for hydroxylation is 3. The molecule has 1 aliphatic heterocycles. The Kier molecular flexibility index (Phi) is 5.22. The average molecular weight is 461 g/mol. The number of aliphatic imine (C=N–C) groups is 1. The molecule has 5 rings (SSSR count). The minimum Gasteiger partial charge on any atom is -0.358 e. The molecule has 168 valence electrons. The maximum Gasteiger partial charge on any atom is 0.236 e. The highest BCUT2D eigenvalue weighted by Crippen LogP contribution is 2.46. The van der Waals surface area contributed by atoms with Crippen molar-refractivity contribution in [1.29, 1.82) is 0 Å². The van der Waals surface area contributed by atoms with Crippen molar-refractivity contribution >= 4 is 23.0 Å². The van der Waals surface area contributed by atoms with Gasteiger partial charge in [0.1, 0.15) is 6.04 Å². The van der Waals surface area contributed by atoms with Gasteiger partial charge < -0.3 is 4.52 Å². The number of hydrazine groups is 1. The Morgan fingerprint density at radius 1 is 1.15 bits per heavy atom. The summed E-state index contributed by atoms with van der Waals surface area (Å²) in [5.41, 5.74) is 10.1. The fraction of sp³-hybridized carbons (Fsp3) is 0.250. The predicted octanol–water partition coefficient (Wildman–Crippen LogP) is 4.00. The van der Waals surface area contributed by atoms with Crippen LogP contribution < -0.4 is 11.3 Å². The molecular weight excluding hydrogens is 436 g/mol. The predicted molar refractivity (Wildman–Crippen MR) is 128 cm³/mol. The third kappa shape index (κ3) is 3.59. The molecular formula is C24H24N6O2S. The Balaban J connectivity index is 1.69. The summed E-state index contributed by atoms with van der Waals surface area (Å²) in [4.78, 5) is 19.6. The van der Waals surface area contributed by atoms with E-state index in [0.717, 1.165) is 44.1 Å². The van der Waals surface area contributed by atoms with Crippen LogP contribution in [-0.2, 0) is 11.8 Å². The van der Waals surface area contributed by atoms with E-state index < -0.39 is 6.04 Å². The first kappa shape index (κ1) is 21.3. The van der Waals surface area contributed by atoms with Crippen LogP contribution in [0.15, 0.2) is 46.2 Å². The largest absolute Gasteiger partial charge is 0.358 e. The third-order valence-electron chi connectivity index (χ3n) is 6.06. The zero-order chi connectivity index (χ0) is 23.3. The lowest BCUT2D eigenvalue weighted by atomic mass is 9.95. The minimum atomic E-state index is -0.531. The highest BCUT2D eigenvalue weighted by atomic mass is 32.1. The number of fused-ring (bicyclic) bond motifs is 3. The van der Waals surface area contributed by atoms with Crippen molar-refractivity contribution in [3.8, 4) is 21.6 Å². The van der Waals surface area contributed by atoms with Crippen LogP contribution in [0.1, 0.15) is 45.5 Å². The zero-order valence-corrected chi connectivity index (χ0v) is 19.7. The number of amides is 1. The Bertz CT molecular complexity index is 1390. The number of rotatable bonds is 4. The summed E-state index contributed by atoms with van der Waals surface area (Å²) in [6.45, 7) is 6.14. The number of carbonyl (C=O) groups is 1. The van der Waals surface area contributed by atoms with Crippen LogP contribution in [0, 0.1) is 20.8 Å². The van der Waals surface area contributed by atoms with Crippen LogP contribution in [0.5, 0.6) is 0 Å². The van der Waals surface area contributed by atoms with E-state index in [-0.39, 0.29) is 12.3 Å². The highest BCUT2D eigenvalue weighted by molar-refractivity contribution is 7.16. The summed E-state index contributed by atoms with van der Waals surface area (Å²) in [7, 11) is 1.90. The molecule has 3 N–H and O–H groups in total. The number of hydrogen-bond acceptors (Lipinski definition) is 7. The molecule has 0 saturated heterocycles. The Morgan fingerprint density at radius 2 is 1.88 bits per heavy atom. The monoisotopic (exact) mass is 460 g/mol. The third-order valence-corrected chi connectivity index (χ3v) is 7.29. The summed E-state index contributed by atoms with van der Waals surface area (Å²) in [5, 5.41) is 8.46. The van der Waals surface area contributed by atoms with Crippen LogP contribution in [0.3, 0.4) is 0 Å². The molecule has 1 amide bonds. The Hall–Kier alpha value is -3.56. The van der Waals surface area contributed by atoms with E-state index in [1.54, 1.807) is 16.0 Å². The molecule has 4 aromatic rings. The molecule has 1 atom stereocenters. The van der Waals surface area contributed by atoms with E-state index in [9.17, 15) is 4.79 Å². The SMILES string of the molecule is Cc1noc2c1-c1sc(C)c(C)c1C(c1ccc(-c3cnn(C)c3)cc1)=N[C@H]2CC(=O)NN. The van der Waals surface area contributed by atoms with Crippen LogP contribution in [0.25, 0.3) is 21.6 Å². The number of hydrogen-bond donors (Lipinski definition) is 2. The van der Waals surface area contributed by atoms with Crippen molar-refractivity contribution in [3.05, 3.63) is 69.7 Å². The van der Waals surface area contributed by atoms with E-state index in [0.29, 0.717) is 5.76 Å². The van der Waals surface area contributed by atoms with E-state index in [4.69, 9.17) is 15.4 Å². The van der Waals surface area contributed by atoms with Gasteiger partial charge in [-0.05, 0) is 31.9 Å². The van der Waals surface area contributed by atoms with Crippen molar-refractivity contribution in [2.75, 3.05) is 0 Å². The van der Waals surface area contributed by atoms with Gasteiger partial charge in [-0.3, -0.25) is 19.9 Å². The van der Waals surface area contributed by atoms with E-state index >= 15 is 0 Å². The second-order valence-corrected chi connectivity index (χ2v) is 9.46. The van der Waals surface area contributed by atoms with Crippen LogP contribution >= 0.6 is 11.3 Å². The number of carbonyl (C=O) groups excluding carboxylic acids is 1. The normalized spacial score (nSPS) is 14.9. The average Bonchev–Trinajstić information content (AvgIpc) is 3.46. The fourth-order valence-corrected chi connectivity index (χ4v) is 5.50.